The normalized spacial score (nSPS) is 10.5. The molecular formula is C11H17Cl2N3O. The lowest BCUT2D eigenvalue weighted by Crippen LogP contribution is -2.02. The van der Waals surface area contributed by atoms with Gasteiger partial charge in [0.25, 0.3) is 5.88 Å². The molecule has 0 aromatic carbocycles. The molecule has 96 valence electrons. The smallest absolute Gasteiger partial charge is 0.256 e. The number of rotatable bonds is 8. The summed E-state index contributed by atoms with van der Waals surface area (Å²) in [7, 11) is 0. The van der Waals surface area contributed by atoms with E-state index < -0.39 is 0 Å². The van der Waals surface area contributed by atoms with Crippen LogP contribution in [0.15, 0.2) is 0 Å². The number of ether oxygens (including phenoxy) is 1. The van der Waals surface area contributed by atoms with E-state index in [0.717, 1.165) is 12.8 Å². The summed E-state index contributed by atoms with van der Waals surface area (Å²) >= 11 is 11.3. The minimum atomic E-state index is 0.0485. The molecule has 0 saturated heterocycles. The molecule has 0 bridgehead atoms. The Labute approximate surface area is 112 Å². The molecule has 1 aromatic heterocycles. The van der Waals surface area contributed by atoms with Crippen LogP contribution in [0.1, 0.15) is 45.4 Å². The van der Waals surface area contributed by atoms with Crippen molar-refractivity contribution in [1.82, 2.24) is 15.2 Å². The fraction of sp³-hybridized carbons (Fsp3) is 0.727. The molecule has 0 unspecified atom stereocenters. The minimum Gasteiger partial charge on any atom is -0.475 e. The monoisotopic (exact) mass is 277 g/mol. The van der Waals surface area contributed by atoms with Crippen molar-refractivity contribution in [3.63, 3.8) is 0 Å². The zero-order chi connectivity index (χ0) is 12.5. The average molecular weight is 278 g/mol. The van der Waals surface area contributed by atoms with Crippen LogP contribution in [0.25, 0.3) is 0 Å². The largest absolute Gasteiger partial charge is 0.475 e. The molecule has 0 N–H and O–H groups in total. The predicted octanol–water partition coefficient (Wildman–Crippen LogP) is 3.92. The molecular weight excluding hydrogens is 261 g/mol. The molecule has 4 nitrogen and oxygen atoms in total. The first-order valence-electron chi connectivity index (χ1n) is 5.92. The van der Waals surface area contributed by atoms with Crippen molar-refractivity contribution in [1.29, 1.82) is 0 Å². The highest BCUT2D eigenvalue weighted by Gasteiger charge is 2.06. The second-order valence-electron chi connectivity index (χ2n) is 3.79. The molecule has 1 aromatic rings. The number of aromatic nitrogens is 3. The van der Waals surface area contributed by atoms with Crippen molar-refractivity contribution >= 4 is 23.2 Å². The zero-order valence-electron chi connectivity index (χ0n) is 9.96. The lowest BCUT2D eigenvalue weighted by atomic mass is 10.1. The summed E-state index contributed by atoms with van der Waals surface area (Å²) in [4.78, 5) is 3.86. The first kappa shape index (κ1) is 14.5. The second kappa shape index (κ2) is 8.48. The van der Waals surface area contributed by atoms with Crippen LogP contribution in [0.5, 0.6) is 5.88 Å². The van der Waals surface area contributed by atoms with E-state index in [-0.39, 0.29) is 16.3 Å². The van der Waals surface area contributed by atoms with E-state index in [2.05, 4.69) is 22.1 Å². The lowest BCUT2D eigenvalue weighted by Gasteiger charge is -2.05. The SMILES string of the molecule is CCCCCCCCOc1nc(Cl)nnc1Cl. The van der Waals surface area contributed by atoms with Gasteiger partial charge < -0.3 is 4.74 Å². The zero-order valence-corrected chi connectivity index (χ0v) is 11.5. The van der Waals surface area contributed by atoms with Crippen molar-refractivity contribution < 1.29 is 4.74 Å². The van der Waals surface area contributed by atoms with Gasteiger partial charge in [-0.2, -0.15) is 4.98 Å². The molecule has 0 amide bonds. The third-order valence-electron chi connectivity index (χ3n) is 2.33. The molecule has 0 radical (unpaired) electrons. The van der Waals surface area contributed by atoms with Gasteiger partial charge in [0.1, 0.15) is 0 Å². The number of nitrogens with zero attached hydrogens (tertiary/aromatic N) is 3. The molecule has 6 heteroatoms. The van der Waals surface area contributed by atoms with E-state index in [4.69, 9.17) is 27.9 Å². The van der Waals surface area contributed by atoms with Gasteiger partial charge in [-0.15, -0.1) is 10.2 Å². The quantitative estimate of drug-likeness (QED) is 0.676. The highest BCUT2D eigenvalue weighted by atomic mass is 35.5. The first-order chi connectivity index (χ1) is 8.24. The third-order valence-corrected chi connectivity index (χ3v) is 2.72. The van der Waals surface area contributed by atoms with Crippen LogP contribution in [-0.2, 0) is 0 Å². The van der Waals surface area contributed by atoms with E-state index in [1.807, 2.05) is 0 Å². The molecule has 0 atom stereocenters. The van der Waals surface area contributed by atoms with E-state index in [0.29, 0.717) is 6.61 Å². The van der Waals surface area contributed by atoms with Gasteiger partial charge in [-0.25, -0.2) is 0 Å². The first-order valence-corrected chi connectivity index (χ1v) is 6.68. The summed E-state index contributed by atoms with van der Waals surface area (Å²) in [6, 6.07) is 0. The van der Waals surface area contributed by atoms with Gasteiger partial charge in [0.15, 0.2) is 0 Å². The molecule has 0 saturated carbocycles. The van der Waals surface area contributed by atoms with Crippen molar-refractivity contribution in [3.8, 4) is 5.88 Å². The Morgan fingerprint density at radius 2 is 1.71 bits per heavy atom. The Bertz CT molecular complexity index is 336. The number of unbranched alkanes of at least 4 members (excludes halogenated alkanes) is 5. The Hall–Kier alpha value is -0.610. The van der Waals surface area contributed by atoms with Crippen molar-refractivity contribution in [3.05, 3.63) is 10.4 Å². The Morgan fingerprint density at radius 1 is 1.00 bits per heavy atom. The third kappa shape index (κ3) is 6.03. The van der Waals surface area contributed by atoms with E-state index in [1.165, 1.54) is 25.7 Å². The molecule has 0 aliphatic heterocycles. The van der Waals surface area contributed by atoms with E-state index in [9.17, 15) is 0 Å². The van der Waals surface area contributed by atoms with Crippen molar-refractivity contribution in [2.24, 2.45) is 0 Å². The molecule has 1 heterocycles. The van der Waals surface area contributed by atoms with Crippen LogP contribution >= 0.6 is 23.2 Å². The Kier molecular flexibility index (Phi) is 7.21. The van der Waals surface area contributed by atoms with Gasteiger partial charge in [0, 0.05) is 0 Å². The number of hydrogen-bond acceptors (Lipinski definition) is 4. The predicted molar refractivity (Wildman–Crippen MR) is 68.7 cm³/mol. The molecule has 0 aliphatic carbocycles. The van der Waals surface area contributed by atoms with Gasteiger partial charge in [0.2, 0.25) is 10.4 Å². The molecule has 0 fully saturated rings. The topological polar surface area (TPSA) is 47.9 Å². The molecule has 0 spiro atoms. The van der Waals surface area contributed by atoms with Gasteiger partial charge >= 0.3 is 0 Å². The molecule has 17 heavy (non-hydrogen) atoms. The number of hydrogen-bond donors (Lipinski definition) is 0. The maximum Gasteiger partial charge on any atom is 0.256 e. The van der Waals surface area contributed by atoms with Crippen LogP contribution < -0.4 is 4.74 Å². The van der Waals surface area contributed by atoms with Crippen LogP contribution in [0.3, 0.4) is 0 Å². The summed E-state index contributed by atoms with van der Waals surface area (Å²) in [5, 5.41) is 7.33. The second-order valence-corrected chi connectivity index (χ2v) is 4.49. The van der Waals surface area contributed by atoms with Crippen LogP contribution in [0, 0.1) is 0 Å². The van der Waals surface area contributed by atoms with Crippen molar-refractivity contribution in [2.75, 3.05) is 6.61 Å². The van der Waals surface area contributed by atoms with Crippen LogP contribution in [0.4, 0.5) is 0 Å². The van der Waals surface area contributed by atoms with Gasteiger partial charge in [-0.05, 0) is 18.0 Å². The minimum absolute atomic E-state index is 0.0485. The van der Waals surface area contributed by atoms with Crippen LogP contribution in [0.2, 0.25) is 10.4 Å². The molecule has 1 rings (SSSR count). The molecule has 0 aliphatic rings. The maximum absolute atomic E-state index is 5.76. The number of halogens is 2. The maximum atomic E-state index is 5.76. The fourth-order valence-electron chi connectivity index (χ4n) is 1.42. The van der Waals surface area contributed by atoms with E-state index >= 15 is 0 Å². The van der Waals surface area contributed by atoms with Gasteiger partial charge in [-0.1, -0.05) is 50.6 Å². The van der Waals surface area contributed by atoms with Crippen molar-refractivity contribution in [2.45, 2.75) is 45.4 Å². The Morgan fingerprint density at radius 3 is 2.47 bits per heavy atom. The summed E-state index contributed by atoms with van der Waals surface area (Å²) in [5.74, 6) is 0.264. The van der Waals surface area contributed by atoms with Gasteiger partial charge in [-0.3, -0.25) is 0 Å². The summed E-state index contributed by atoms with van der Waals surface area (Å²) in [6.07, 6.45) is 7.24. The highest BCUT2D eigenvalue weighted by molar-refractivity contribution is 6.31. The fourth-order valence-corrected chi connectivity index (χ4v) is 1.67. The summed E-state index contributed by atoms with van der Waals surface area (Å²) < 4.78 is 5.39. The lowest BCUT2D eigenvalue weighted by molar-refractivity contribution is 0.291. The Balaban J connectivity index is 2.15. The standard InChI is InChI=1S/C11H17Cl2N3O/c1-2-3-4-5-6-7-8-17-10-9(12)15-16-11(13)14-10/h2-8H2,1H3. The van der Waals surface area contributed by atoms with Gasteiger partial charge in [0.05, 0.1) is 6.61 Å². The average Bonchev–Trinajstić information content (AvgIpc) is 2.32. The van der Waals surface area contributed by atoms with E-state index in [1.54, 1.807) is 0 Å². The summed E-state index contributed by atoms with van der Waals surface area (Å²) in [6.45, 7) is 2.79. The summed E-state index contributed by atoms with van der Waals surface area (Å²) in [5.41, 5.74) is 0. The highest BCUT2D eigenvalue weighted by Crippen LogP contribution is 2.19. The van der Waals surface area contributed by atoms with Crippen LogP contribution in [-0.4, -0.2) is 21.8 Å².